The van der Waals surface area contributed by atoms with Gasteiger partial charge in [-0.3, -0.25) is 4.57 Å². The lowest BCUT2D eigenvalue weighted by molar-refractivity contribution is 0.652. The molecule has 2 heteroatoms. The molecule has 0 spiro atoms. The summed E-state index contributed by atoms with van der Waals surface area (Å²) in [6.45, 7) is 9.58. The summed E-state index contributed by atoms with van der Waals surface area (Å²) in [5.74, 6) is 0.953. The highest BCUT2D eigenvalue weighted by Crippen LogP contribution is 2.58. The number of aromatic nitrogens is 2. The van der Waals surface area contributed by atoms with E-state index in [1.165, 1.54) is 66.4 Å². The Bertz CT molecular complexity index is 2640. The summed E-state index contributed by atoms with van der Waals surface area (Å²) in [7, 11) is 0. The monoisotopic (exact) mass is 628 g/mol. The molecular formula is C47H36N2. The van der Waals surface area contributed by atoms with Crippen LogP contribution in [0.2, 0.25) is 0 Å². The molecule has 0 atom stereocenters. The molecule has 7 aromatic carbocycles. The van der Waals surface area contributed by atoms with Crippen molar-refractivity contribution in [2.45, 2.75) is 38.5 Å². The van der Waals surface area contributed by atoms with Crippen molar-refractivity contribution < 1.29 is 0 Å². The van der Waals surface area contributed by atoms with Gasteiger partial charge in [-0.2, -0.15) is 0 Å². The van der Waals surface area contributed by atoms with Crippen LogP contribution in [-0.2, 0) is 10.8 Å². The van der Waals surface area contributed by atoms with Gasteiger partial charge in [0, 0.05) is 22.1 Å². The predicted molar refractivity (Wildman–Crippen MR) is 205 cm³/mol. The van der Waals surface area contributed by atoms with Gasteiger partial charge in [0.05, 0.1) is 11.0 Å². The van der Waals surface area contributed by atoms with Crippen molar-refractivity contribution in [2.75, 3.05) is 0 Å². The zero-order valence-corrected chi connectivity index (χ0v) is 28.3. The fraction of sp³-hybridized carbons (Fsp3) is 0.128. The average Bonchev–Trinajstić information content (AvgIpc) is 3.71. The molecular weight excluding hydrogens is 593 g/mol. The molecule has 234 valence electrons. The molecule has 2 nitrogen and oxygen atoms in total. The summed E-state index contributed by atoms with van der Waals surface area (Å²) in [5, 5.41) is 2.62. The minimum Gasteiger partial charge on any atom is -0.292 e. The standard InChI is InChI=1S/C47H36N2/c1-46(2)38-19-11-10-17-33(38)36-27-40-37(28-39(36)46)44-34-18-9-8-16-32(34)35(26-41(44)47(40,3)4)29-22-24-31(25-23-29)49-43-21-13-12-20-42(43)48-45(49)30-14-6-5-7-15-30/h5-28H,1-4H3. The van der Waals surface area contributed by atoms with Crippen LogP contribution < -0.4 is 0 Å². The fourth-order valence-electron chi connectivity index (χ4n) is 8.87. The predicted octanol–water partition coefficient (Wildman–Crippen LogP) is 12.1. The van der Waals surface area contributed by atoms with E-state index in [1.54, 1.807) is 0 Å². The molecule has 0 aliphatic heterocycles. The molecule has 0 bridgehead atoms. The minimum atomic E-state index is -0.138. The van der Waals surface area contributed by atoms with Crippen LogP contribution in [0.5, 0.6) is 0 Å². The van der Waals surface area contributed by atoms with Crippen LogP contribution in [0.3, 0.4) is 0 Å². The number of fused-ring (bicyclic) bond motifs is 9. The first-order valence-corrected chi connectivity index (χ1v) is 17.3. The zero-order chi connectivity index (χ0) is 33.1. The Kier molecular flexibility index (Phi) is 5.72. The summed E-state index contributed by atoms with van der Waals surface area (Å²) in [5.41, 5.74) is 17.9. The summed E-state index contributed by atoms with van der Waals surface area (Å²) in [6, 6.07) is 53.5. The Hall–Kier alpha value is -5.73. The molecule has 8 aromatic rings. The van der Waals surface area contributed by atoms with E-state index in [9.17, 15) is 0 Å². The van der Waals surface area contributed by atoms with Gasteiger partial charge in [-0.1, -0.05) is 131 Å². The van der Waals surface area contributed by atoms with E-state index in [-0.39, 0.29) is 10.8 Å². The van der Waals surface area contributed by atoms with Crippen LogP contribution in [0, 0.1) is 0 Å². The SMILES string of the molecule is CC1(C)c2ccccc2-c2cc3c(cc21)-c1c(cc(-c2ccc(-n4c(-c5ccccc5)nc5ccccc54)cc2)c2ccccc12)C3(C)C. The number of benzene rings is 7. The summed E-state index contributed by atoms with van der Waals surface area (Å²) in [4.78, 5) is 5.06. The van der Waals surface area contributed by atoms with E-state index < -0.39 is 0 Å². The largest absolute Gasteiger partial charge is 0.292 e. The van der Waals surface area contributed by atoms with Gasteiger partial charge >= 0.3 is 0 Å². The van der Waals surface area contributed by atoms with E-state index in [4.69, 9.17) is 4.98 Å². The number of hydrogen-bond acceptors (Lipinski definition) is 1. The quantitative estimate of drug-likeness (QED) is 0.190. The van der Waals surface area contributed by atoms with Gasteiger partial charge in [0.25, 0.3) is 0 Å². The van der Waals surface area contributed by atoms with E-state index in [2.05, 4.69) is 178 Å². The van der Waals surface area contributed by atoms with Crippen molar-refractivity contribution in [1.29, 1.82) is 0 Å². The van der Waals surface area contributed by atoms with Crippen molar-refractivity contribution >= 4 is 21.8 Å². The van der Waals surface area contributed by atoms with Crippen LogP contribution in [0.25, 0.3) is 72.3 Å². The maximum atomic E-state index is 5.06. The smallest absolute Gasteiger partial charge is 0.145 e. The maximum absolute atomic E-state index is 5.06. The molecule has 1 heterocycles. The number of hydrogen-bond donors (Lipinski definition) is 0. The number of rotatable bonds is 3. The molecule has 2 aliphatic carbocycles. The van der Waals surface area contributed by atoms with Crippen molar-refractivity contribution in [3.8, 4) is 50.5 Å². The molecule has 0 amide bonds. The van der Waals surface area contributed by atoms with Crippen LogP contribution in [0.15, 0.2) is 146 Å². The van der Waals surface area contributed by atoms with Gasteiger partial charge in [0.15, 0.2) is 0 Å². The normalized spacial score (nSPS) is 14.9. The highest BCUT2D eigenvalue weighted by atomic mass is 15.1. The lowest BCUT2D eigenvalue weighted by atomic mass is 9.79. The van der Waals surface area contributed by atoms with E-state index >= 15 is 0 Å². The molecule has 0 fully saturated rings. The first-order chi connectivity index (χ1) is 23.8. The number of nitrogens with zero attached hydrogens (tertiary/aromatic N) is 2. The highest BCUT2D eigenvalue weighted by molar-refractivity contribution is 6.09. The second-order valence-electron chi connectivity index (χ2n) is 14.8. The Balaban J connectivity index is 1.14. The second-order valence-corrected chi connectivity index (χ2v) is 14.8. The summed E-state index contributed by atoms with van der Waals surface area (Å²) >= 11 is 0. The van der Waals surface area contributed by atoms with E-state index in [0.29, 0.717) is 0 Å². The Labute approximate surface area is 287 Å². The molecule has 0 saturated carbocycles. The minimum absolute atomic E-state index is 0.0354. The van der Waals surface area contributed by atoms with Crippen LogP contribution in [-0.4, -0.2) is 9.55 Å². The number of imidazole rings is 1. The van der Waals surface area contributed by atoms with Crippen LogP contribution >= 0.6 is 0 Å². The summed E-state index contributed by atoms with van der Waals surface area (Å²) in [6.07, 6.45) is 0. The van der Waals surface area contributed by atoms with Gasteiger partial charge in [-0.25, -0.2) is 4.98 Å². The zero-order valence-electron chi connectivity index (χ0n) is 28.3. The topological polar surface area (TPSA) is 17.8 Å². The molecule has 49 heavy (non-hydrogen) atoms. The first kappa shape index (κ1) is 28.3. The molecule has 10 rings (SSSR count). The third-order valence-electron chi connectivity index (χ3n) is 11.4. The third kappa shape index (κ3) is 3.86. The van der Waals surface area contributed by atoms with Crippen molar-refractivity contribution in [3.63, 3.8) is 0 Å². The molecule has 1 aromatic heterocycles. The highest BCUT2D eigenvalue weighted by Gasteiger charge is 2.42. The Morgan fingerprint density at radius 3 is 1.88 bits per heavy atom. The lowest BCUT2D eigenvalue weighted by Crippen LogP contribution is -2.17. The van der Waals surface area contributed by atoms with Crippen molar-refractivity contribution in [1.82, 2.24) is 9.55 Å². The van der Waals surface area contributed by atoms with E-state index in [0.717, 1.165) is 28.1 Å². The Morgan fingerprint density at radius 2 is 1.06 bits per heavy atom. The molecule has 0 saturated heterocycles. The van der Waals surface area contributed by atoms with Gasteiger partial charge in [-0.15, -0.1) is 0 Å². The van der Waals surface area contributed by atoms with E-state index in [1.807, 2.05) is 0 Å². The van der Waals surface area contributed by atoms with Gasteiger partial charge in [-0.05, 0) is 109 Å². The maximum Gasteiger partial charge on any atom is 0.145 e. The number of para-hydroxylation sites is 2. The molecule has 0 unspecified atom stereocenters. The Morgan fingerprint density at radius 1 is 0.449 bits per heavy atom. The van der Waals surface area contributed by atoms with Crippen LogP contribution in [0.4, 0.5) is 0 Å². The second kappa shape index (κ2) is 9.90. The van der Waals surface area contributed by atoms with Crippen molar-refractivity contribution in [3.05, 3.63) is 168 Å². The lowest BCUT2D eigenvalue weighted by Gasteiger charge is -2.24. The summed E-state index contributed by atoms with van der Waals surface area (Å²) < 4.78 is 2.29. The van der Waals surface area contributed by atoms with Gasteiger partial charge in [0.1, 0.15) is 5.82 Å². The third-order valence-corrected chi connectivity index (χ3v) is 11.4. The molecule has 0 N–H and O–H groups in total. The molecule has 2 aliphatic rings. The fourth-order valence-corrected chi connectivity index (χ4v) is 8.87. The first-order valence-electron chi connectivity index (χ1n) is 17.3. The van der Waals surface area contributed by atoms with Crippen LogP contribution in [0.1, 0.15) is 49.9 Å². The average molecular weight is 629 g/mol. The van der Waals surface area contributed by atoms with Gasteiger partial charge in [0.2, 0.25) is 0 Å². The van der Waals surface area contributed by atoms with Gasteiger partial charge < -0.3 is 0 Å². The molecule has 0 radical (unpaired) electrons. The van der Waals surface area contributed by atoms with Crippen molar-refractivity contribution in [2.24, 2.45) is 0 Å².